The summed E-state index contributed by atoms with van der Waals surface area (Å²) < 4.78 is 85.8. The molecule has 4 rings (SSSR count). The molecule has 0 aromatic carbocycles. The average Bonchev–Trinajstić information content (AvgIpc) is 2.77. The molecule has 186 valence electrons. The zero-order valence-corrected chi connectivity index (χ0v) is 18.3. The number of ether oxygens (including phenoxy) is 1. The van der Waals surface area contributed by atoms with Crippen molar-refractivity contribution in [2.45, 2.75) is 38.7 Å². The Morgan fingerprint density at radius 3 is 2.35 bits per heavy atom. The number of anilines is 2. The number of nitrogens with one attached hydrogen (secondary N) is 2. The van der Waals surface area contributed by atoms with Crippen molar-refractivity contribution in [2.75, 3.05) is 36.4 Å². The molecule has 4 heterocycles. The van der Waals surface area contributed by atoms with Gasteiger partial charge in [0.05, 0.1) is 16.8 Å². The second-order valence-corrected chi connectivity index (χ2v) is 7.61. The van der Waals surface area contributed by atoms with E-state index in [0.717, 1.165) is 18.3 Å². The fourth-order valence-corrected chi connectivity index (χ4v) is 3.46. The van der Waals surface area contributed by atoms with Crippen LogP contribution in [0.25, 0.3) is 11.3 Å². The zero-order chi connectivity index (χ0) is 25.1. The smallest absolute Gasteiger partial charge is 0.430 e. The first-order chi connectivity index (χ1) is 16.0. The Bertz CT molecular complexity index is 1020. The first-order valence-corrected chi connectivity index (χ1v) is 10.5. The number of fused-ring (bicyclic) bond motifs is 1. The zero-order valence-electron chi connectivity index (χ0n) is 18.3. The number of alkyl halides is 6. The minimum Gasteiger partial charge on any atom is -0.431 e. The van der Waals surface area contributed by atoms with Crippen LogP contribution in [-0.4, -0.2) is 48.4 Å². The monoisotopic (exact) mass is 491 g/mol. The molecule has 2 aliphatic rings. The Morgan fingerprint density at radius 1 is 1.12 bits per heavy atom. The molecule has 34 heavy (non-hydrogen) atoms. The molecule has 0 radical (unpaired) electrons. The van der Waals surface area contributed by atoms with Crippen LogP contribution in [0.15, 0.2) is 24.4 Å². The van der Waals surface area contributed by atoms with Gasteiger partial charge in [0.15, 0.2) is 0 Å². The van der Waals surface area contributed by atoms with Crippen LogP contribution >= 0.6 is 0 Å². The van der Waals surface area contributed by atoms with Crippen molar-refractivity contribution in [1.82, 2.24) is 15.3 Å². The second-order valence-electron chi connectivity index (χ2n) is 7.61. The fourth-order valence-electron chi connectivity index (χ4n) is 3.46. The summed E-state index contributed by atoms with van der Waals surface area (Å²) in [6.45, 7) is 6.06. The van der Waals surface area contributed by atoms with E-state index in [-0.39, 0.29) is 17.1 Å². The summed E-state index contributed by atoms with van der Waals surface area (Å²) in [5.41, 5.74) is -2.26. The maximum atomic E-state index is 13.6. The van der Waals surface area contributed by atoms with Gasteiger partial charge in [-0.05, 0) is 18.2 Å². The molecule has 2 aromatic rings. The number of carbonyl (C=O) groups is 1. The number of piperazine rings is 1. The van der Waals surface area contributed by atoms with E-state index < -0.39 is 41.5 Å². The maximum Gasteiger partial charge on any atom is 0.430 e. The summed E-state index contributed by atoms with van der Waals surface area (Å²) in [5.74, 6) is -0.458. The Hall–Kier alpha value is -3.09. The van der Waals surface area contributed by atoms with E-state index in [1.54, 1.807) is 4.90 Å². The highest BCUT2D eigenvalue weighted by molar-refractivity contribution is 5.89. The number of carbonyl (C=O) groups excluding carboxylic acids is 1. The van der Waals surface area contributed by atoms with Gasteiger partial charge in [-0.15, -0.1) is 0 Å². The molecule has 7 nitrogen and oxygen atoms in total. The summed E-state index contributed by atoms with van der Waals surface area (Å²) in [5, 5.41) is 5.12. The Kier molecular flexibility index (Phi) is 7.54. The lowest BCUT2D eigenvalue weighted by atomic mass is 9.98. The third-order valence-corrected chi connectivity index (χ3v) is 4.85. The largest absolute Gasteiger partial charge is 0.431 e. The van der Waals surface area contributed by atoms with Gasteiger partial charge in [-0.1, -0.05) is 20.3 Å². The normalized spacial score (nSPS) is 18.3. The summed E-state index contributed by atoms with van der Waals surface area (Å²) in [6, 6.07) is 2.65. The molecule has 2 aromatic heterocycles. The molecular weight excluding hydrogens is 468 g/mol. The van der Waals surface area contributed by atoms with Crippen LogP contribution in [0.4, 0.5) is 42.8 Å². The van der Waals surface area contributed by atoms with E-state index in [9.17, 15) is 31.1 Å². The predicted molar refractivity (Wildman–Crippen MR) is 112 cm³/mol. The second kappa shape index (κ2) is 10.0. The van der Waals surface area contributed by atoms with E-state index in [1.165, 1.54) is 6.42 Å². The van der Waals surface area contributed by atoms with Crippen molar-refractivity contribution in [3.05, 3.63) is 35.5 Å². The van der Waals surface area contributed by atoms with Crippen molar-refractivity contribution < 1.29 is 35.9 Å². The quantitative estimate of drug-likeness (QED) is 0.566. The predicted octanol–water partition coefficient (Wildman–Crippen LogP) is 5.15. The number of nitrogens with zero attached hydrogens (tertiary/aromatic N) is 3. The molecule has 0 aliphatic carbocycles. The van der Waals surface area contributed by atoms with Crippen molar-refractivity contribution in [3.63, 3.8) is 0 Å². The lowest BCUT2D eigenvalue weighted by Gasteiger charge is -2.30. The van der Waals surface area contributed by atoms with Crippen LogP contribution in [0.3, 0.4) is 0 Å². The Morgan fingerprint density at radius 2 is 1.76 bits per heavy atom. The summed E-state index contributed by atoms with van der Waals surface area (Å²) >= 11 is 0. The van der Waals surface area contributed by atoms with E-state index >= 15 is 0 Å². The van der Waals surface area contributed by atoms with Crippen LogP contribution in [0.1, 0.15) is 37.5 Å². The third-order valence-electron chi connectivity index (χ3n) is 4.85. The molecule has 1 unspecified atom stereocenters. The molecule has 1 amide bonds. The van der Waals surface area contributed by atoms with E-state index in [2.05, 4.69) is 39.2 Å². The first-order valence-electron chi connectivity index (χ1n) is 10.5. The molecule has 13 heteroatoms. The molecule has 0 bridgehead atoms. The number of halogens is 6. The number of hydrogen-bond acceptors (Lipinski definition) is 6. The van der Waals surface area contributed by atoms with Gasteiger partial charge in [-0.3, -0.25) is 5.32 Å². The van der Waals surface area contributed by atoms with Crippen molar-refractivity contribution >= 4 is 17.7 Å². The van der Waals surface area contributed by atoms with Gasteiger partial charge in [0, 0.05) is 37.9 Å². The Balaban J connectivity index is 0.00000103. The number of cyclic esters (lactones) is 1. The Labute approximate surface area is 191 Å². The average molecular weight is 491 g/mol. The molecular formula is C21H23F6N5O2. The van der Waals surface area contributed by atoms with E-state index in [4.69, 9.17) is 0 Å². The summed E-state index contributed by atoms with van der Waals surface area (Å²) in [6.07, 6.45) is -11.5. The number of amides is 1. The molecule has 0 saturated carbocycles. The number of hydrogen-bond donors (Lipinski definition) is 2. The number of aromatic nitrogens is 2. The molecule has 1 saturated heterocycles. The third kappa shape index (κ3) is 5.69. The molecule has 1 fully saturated rings. The highest BCUT2D eigenvalue weighted by Gasteiger charge is 2.49. The van der Waals surface area contributed by atoms with Crippen molar-refractivity contribution in [3.8, 4) is 11.3 Å². The van der Waals surface area contributed by atoms with Crippen LogP contribution in [0.5, 0.6) is 0 Å². The van der Waals surface area contributed by atoms with Gasteiger partial charge in [-0.25, -0.2) is 14.8 Å². The standard InChI is InChI=1S/C18H15F6N5O2.C3H8/c19-17(20,21)9-7-11(27-12(8-9)29-5-3-25-4-6-29)10-1-2-26-15-13(10)14(18(22,23)24)31-16(30)28-15;1-3-2/h1-2,7-8,14,25H,3-6H2,(H,26,28,30);3H2,1-2H3. The van der Waals surface area contributed by atoms with Gasteiger partial charge < -0.3 is 15.0 Å². The summed E-state index contributed by atoms with van der Waals surface area (Å²) in [4.78, 5) is 21.1. The highest BCUT2D eigenvalue weighted by Crippen LogP contribution is 2.46. The maximum absolute atomic E-state index is 13.6. The van der Waals surface area contributed by atoms with Crippen LogP contribution in [0.2, 0.25) is 0 Å². The molecule has 0 spiro atoms. The van der Waals surface area contributed by atoms with E-state index in [1.807, 2.05) is 0 Å². The molecule has 1 atom stereocenters. The lowest BCUT2D eigenvalue weighted by Crippen LogP contribution is -2.44. The van der Waals surface area contributed by atoms with Crippen molar-refractivity contribution in [2.24, 2.45) is 0 Å². The molecule has 2 N–H and O–H groups in total. The van der Waals surface area contributed by atoms with Gasteiger partial charge >= 0.3 is 18.4 Å². The first kappa shape index (κ1) is 25.5. The van der Waals surface area contributed by atoms with Gasteiger partial charge in [0.1, 0.15) is 11.6 Å². The lowest BCUT2D eigenvalue weighted by molar-refractivity contribution is -0.206. The van der Waals surface area contributed by atoms with Crippen LogP contribution < -0.4 is 15.5 Å². The van der Waals surface area contributed by atoms with Gasteiger partial charge in [0.2, 0.25) is 6.10 Å². The van der Waals surface area contributed by atoms with Crippen molar-refractivity contribution in [1.29, 1.82) is 0 Å². The van der Waals surface area contributed by atoms with Gasteiger partial charge in [0.25, 0.3) is 0 Å². The van der Waals surface area contributed by atoms with Crippen LogP contribution in [-0.2, 0) is 10.9 Å². The highest BCUT2D eigenvalue weighted by atomic mass is 19.4. The minimum absolute atomic E-state index is 0.0128. The number of rotatable bonds is 2. The minimum atomic E-state index is -5.01. The van der Waals surface area contributed by atoms with Crippen LogP contribution in [0, 0.1) is 0 Å². The molecule has 2 aliphatic heterocycles. The number of pyridine rings is 2. The SMILES string of the molecule is CCC.O=C1Nc2nccc(-c3cc(C(F)(F)F)cc(N4CCNCC4)n3)c2C(C(F)(F)F)O1. The van der Waals surface area contributed by atoms with Gasteiger partial charge in [-0.2, -0.15) is 26.3 Å². The topological polar surface area (TPSA) is 79.4 Å². The fraction of sp³-hybridized carbons (Fsp3) is 0.476. The summed E-state index contributed by atoms with van der Waals surface area (Å²) in [7, 11) is 0. The van der Waals surface area contributed by atoms with E-state index in [0.29, 0.717) is 32.2 Å².